The molecule has 2 N–H and O–H groups in total. The lowest BCUT2D eigenvalue weighted by Crippen LogP contribution is -2.00. The van der Waals surface area contributed by atoms with E-state index in [0.29, 0.717) is 5.69 Å². The maximum absolute atomic E-state index is 11.3. The number of carboxylic acids is 1. The molecule has 0 aliphatic carbocycles. The third-order valence-electron chi connectivity index (χ3n) is 3.99. The van der Waals surface area contributed by atoms with Gasteiger partial charge in [0.1, 0.15) is 5.69 Å². The van der Waals surface area contributed by atoms with Gasteiger partial charge >= 0.3 is 5.97 Å². The number of fused-ring (bicyclic) bond motifs is 1. The van der Waals surface area contributed by atoms with Gasteiger partial charge in [-0.3, -0.25) is 0 Å². The molecule has 118 valence electrons. The molecule has 3 aromatic heterocycles. The van der Waals surface area contributed by atoms with Crippen LogP contribution in [0.4, 0.5) is 0 Å². The van der Waals surface area contributed by atoms with Gasteiger partial charge in [0.25, 0.3) is 0 Å². The second-order valence-electron chi connectivity index (χ2n) is 5.65. The van der Waals surface area contributed by atoms with Crippen molar-refractivity contribution in [2.24, 2.45) is 0 Å². The van der Waals surface area contributed by atoms with E-state index in [9.17, 15) is 9.90 Å². The van der Waals surface area contributed by atoms with Crippen LogP contribution >= 0.6 is 0 Å². The lowest BCUT2D eigenvalue weighted by atomic mass is 10.0. The Labute approximate surface area is 137 Å². The SMILES string of the molecule is Cc1ccc2c(-c3cccc(C(=O)O)n3)c(-c3ccoc3)[nH]c2c1. The summed E-state index contributed by atoms with van der Waals surface area (Å²) >= 11 is 0. The topological polar surface area (TPSA) is 79.1 Å². The van der Waals surface area contributed by atoms with Crippen LogP contribution in [0.2, 0.25) is 0 Å². The maximum atomic E-state index is 11.3. The van der Waals surface area contributed by atoms with Crippen LogP contribution < -0.4 is 0 Å². The Morgan fingerprint density at radius 1 is 1.21 bits per heavy atom. The smallest absolute Gasteiger partial charge is 0.354 e. The minimum Gasteiger partial charge on any atom is -0.477 e. The zero-order chi connectivity index (χ0) is 16.7. The van der Waals surface area contributed by atoms with Crippen molar-refractivity contribution in [3.05, 3.63) is 66.2 Å². The largest absolute Gasteiger partial charge is 0.477 e. The second-order valence-corrected chi connectivity index (χ2v) is 5.65. The lowest BCUT2D eigenvalue weighted by Gasteiger charge is -2.04. The quantitative estimate of drug-likeness (QED) is 0.583. The fraction of sp³-hybridized carbons (Fsp3) is 0.0526. The third-order valence-corrected chi connectivity index (χ3v) is 3.99. The summed E-state index contributed by atoms with van der Waals surface area (Å²) in [6.45, 7) is 2.03. The Kier molecular flexibility index (Phi) is 3.20. The number of aryl methyl sites for hydroxylation is 1. The molecule has 0 radical (unpaired) electrons. The first-order valence-corrected chi connectivity index (χ1v) is 7.49. The molecule has 1 aromatic carbocycles. The fourth-order valence-electron chi connectivity index (χ4n) is 2.89. The van der Waals surface area contributed by atoms with Gasteiger partial charge in [0.2, 0.25) is 0 Å². The highest BCUT2D eigenvalue weighted by Crippen LogP contribution is 2.37. The number of hydrogen-bond acceptors (Lipinski definition) is 3. The molecule has 4 rings (SSSR count). The molecule has 3 heterocycles. The Balaban J connectivity index is 2.04. The van der Waals surface area contributed by atoms with E-state index in [1.807, 2.05) is 31.2 Å². The van der Waals surface area contributed by atoms with Gasteiger partial charge in [-0.2, -0.15) is 0 Å². The molecule has 0 unspecified atom stereocenters. The highest BCUT2D eigenvalue weighted by Gasteiger charge is 2.18. The Morgan fingerprint density at radius 3 is 2.83 bits per heavy atom. The Morgan fingerprint density at radius 2 is 2.08 bits per heavy atom. The van der Waals surface area contributed by atoms with E-state index in [1.165, 1.54) is 6.07 Å². The van der Waals surface area contributed by atoms with E-state index in [-0.39, 0.29) is 5.69 Å². The van der Waals surface area contributed by atoms with E-state index in [1.54, 1.807) is 18.6 Å². The second kappa shape index (κ2) is 5.38. The molecule has 5 heteroatoms. The van der Waals surface area contributed by atoms with Crippen molar-refractivity contribution in [3.63, 3.8) is 0 Å². The van der Waals surface area contributed by atoms with Gasteiger partial charge in [-0.15, -0.1) is 0 Å². The summed E-state index contributed by atoms with van der Waals surface area (Å²) in [6, 6.07) is 13.0. The van der Waals surface area contributed by atoms with Crippen molar-refractivity contribution in [3.8, 4) is 22.5 Å². The van der Waals surface area contributed by atoms with Crippen molar-refractivity contribution in [2.75, 3.05) is 0 Å². The number of hydrogen-bond donors (Lipinski definition) is 2. The van der Waals surface area contributed by atoms with E-state index in [2.05, 4.69) is 16.0 Å². The number of aromatic nitrogens is 2. The number of aromatic amines is 1. The molecule has 0 spiro atoms. The summed E-state index contributed by atoms with van der Waals surface area (Å²) < 4.78 is 5.21. The summed E-state index contributed by atoms with van der Waals surface area (Å²) in [5.41, 5.74) is 5.37. The zero-order valence-electron chi connectivity index (χ0n) is 12.9. The van der Waals surface area contributed by atoms with E-state index >= 15 is 0 Å². The van der Waals surface area contributed by atoms with Gasteiger partial charge in [0.05, 0.1) is 23.9 Å². The predicted octanol–water partition coefficient (Wildman–Crippen LogP) is 4.50. The van der Waals surface area contributed by atoms with Gasteiger partial charge in [0.15, 0.2) is 0 Å². The van der Waals surface area contributed by atoms with Gasteiger partial charge in [-0.05, 0) is 36.8 Å². The van der Waals surface area contributed by atoms with Crippen molar-refractivity contribution < 1.29 is 14.3 Å². The number of aromatic carboxylic acids is 1. The summed E-state index contributed by atoms with van der Waals surface area (Å²) in [4.78, 5) is 19.0. The van der Waals surface area contributed by atoms with Gasteiger partial charge in [-0.1, -0.05) is 18.2 Å². The van der Waals surface area contributed by atoms with Crippen LogP contribution in [0.1, 0.15) is 16.1 Å². The average Bonchev–Trinajstić information content (AvgIpc) is 3.21. The van der Waals surface area contributed by atoms with Gasteiger partial charge < -0.3 is 14.5 Å². The number of carboxylic acid groups (broad SMARTS) is 1. The number of furan rings is 1. The minimum absolute atomic E-state index is 0.0205. The number of pyridine rings is 1. The first-order valence-electron chi connectivity index (χ1n) is 7.49. The molecule has 0 saturated carbocycles. The number of benzene rings is 1. The first kappa shape index (κ1) is 14.3. The molecule has 0 saturated heterocycles. The van der Waals surface area contributed by atoms with Crippen LogP contribution in [0, 0.1) is 6.92 Å². The highest BCUT2D eigenvalue weighted by atomic mass is 16.4. The van der Waals surface area contributed by atoms with Crippen LogP contribution in [0.25, 0.3) is 33.4 Å². The monoisotopic (exact) mass is 318 g/mol. The van der Waals surface area contributed by atoms with Gasteiger partial charge in [-0.25, -0.2) is 9.78 Å². The molecule has 0 atom stereocenters. The number of rotatable bonds is 3. The molecule has 4 aromatic rings. The van der Waals surface area contributed by atoms with Crippen molar-refractivity contribution in [1.82, 2.24) is 9.97 Å². The molecular formula is C19H14N2O3. The fourth-order valence-corrected chi connectivity index (χ4v) is 2.89. The molecule has 0 fully saturated rings. The highest BCUT2D eigenvalue weighted by molar-refractivity contribution is 6.03. The average molecular weight is 318 g/mol. The van der Waals surface area contributed by atoms with Gasteiger partial charge in [0, 0.05) is 22.0 Å². The van der Waals surface area contributed by atoms with E-state index in [0.717, 1.165) is 33.3 Å². The van der Waals surface area contributed by atoms with E-state index in [4.69, 9.17) is 4.42 Å². The predicted molar refractivity (Wildman–Crippen MR) is 90.9 cm³/mol. The standard InChI is InChI=1S/C19H14N2O3/c1-11-5-6-13-16(9-11)21-18(12-7-8-24-10-12)17(13)14-3-2-4-15(20-14)19(22)23/h2-10,21H,1H3,(H,22,23). The van der Waals surface area contributed by atoms with Crippen LogP contribution in [0.5, 0.6) is 0 Å². The lowest BCUT2D eigenvalue weighted by molar-refractivity contribution is 0.0690. The number of H-pyrrole nitrogens is 1. The molecule has 24 heavy (non-hydrogen) atoms. The normalized spacial score (nSPS) is 11.0. The summed E-state index contributed by atoms with van der Waals surface area (Å²) in [7, 11) is 0. The van der Waals surface area contributed by atoms with Crippen molar-refractivity contribution in [2.45, 2.75) is 6.92 Å². The number of nitrogens with zero attached hydrogens (tertiary/aromatic N) is 1. The number of nitrogens with one attached hydrogen (secondary N) is 1. The van der Waals surface area contributed by atoms with Crippen LogP contribution in [-0.2, 0) is 0 Å². The molecule has 0 amide bonds. The van der Waals surface area contributed by atoms with E-state index < -0.39 is 5.97 Å². The molecule has 0 aliphatic heterocycles. The van der Waals surface area contributed by atoms with Crippen LogP contribution in [0.3, 0.4) is 0 Å². The van der Waals surface area contributed by atoms with Crippen molar-refractivity contribution in [1.29, 1.82) is 0 Å². The zero-order valence-corrected chi connectivity index (χ0v) is 12.9. The summed E-state index contributed by atoms with van der Waals surface area (Å²) in [5.74, 6) is -1.04. The maximum Gasteiger partial charge on any atom is 0.354 e. The Hall–Kier alpha value is -3.34. The van der Waals surface area contributed by atoms with Crippen LogP contribution in [0.15, 0.2) is 59.4 Å². The first-order chi connectivity index (χ1) is 11.6. The van der Waals surface area contributed by atoms with Crippen molar-refractivity contribution >= 4 is 16.9 Å². The summed E-state index contributed by atoms with van der Waals surface area (Å²) in [5, 5.41) is 10.2. The summed E-state index contributed by atoms with van der Waals surface area (Å²) in [6.07, 6.45) is 3.26. The minimum atomic E-state index is -1.04. The Bertz CT molecular complexity index is 1050. The molecule has 0 bridgehead atoms. The molecular weight excluding hydrogens is 304 g/mol. The molecule has 0 aliphatic rings. The molecule has 5 nitrogen and oxygen atoms in total. The number of carbonyl (C=O) groups is 1. The third kappa shape index (κ3) is 2.27. The van der Waals surface area contributed by atoms with Crippen LogP contribution in [-0.4, -0.2) is 21.0 Å².